The normalized spacial score (nSPS) is 22.8. The maximum Gasteiger partial charge on any atom is 0.255 e. The van der Waals surface area contributed by atoms with E-state index in [1.54, 1.807) is 12.1 Å². The summed E-state index contributed by atoms with van der Waals surface area (Å²) in [6.07, 6.45) is 1.87. The molecular formula is C16H20ClN3O2. The Kier molecular flexibility index (Phi) is 4.64. The van der Waals surface area contributed by atoms with Crippen LogP contribution < -0.4 is 5.32 Å². The van der Waals surface area contributed by atoms with Crippen molar-refractivity contribution in [3.8, 4) is 0 Å². The highest BCUT2D eigenvalue weighted by Crippen LogP contribution is 2.22. The van der Waals surface area contributed by atoms with Gasteiger partial charge in [-0.05, 0) is 25.0 Å². The van der Waals surface area contributed by atoms with Crippen LogP contribution in [0.1, 0.15) is 23.2 Å². The number of hydrogen-bond acceptors (Lipinski definition) is 3. The molecule has 1 unspecified atom stereocenters. The van der Waals surface area contributed by atoms with Crippen LogP contribution in [-0.2, 0) is 4.79 Å². The van der Waals surface area contributed by atoms with Crippen LogP contribution in [0.25, 0.3) is 0 Å². The Hall–Kier alpha value is -1.59. The van der Waals surface area contributed by atoms with Gasteiger partial charge in [0.1, 0.15) is 0 Å². The van der Waals surface area contributed by atoms with Gasteiger partial charge in [0.15, 0.2) is 0 Å². The van der Waals surface area contributed by atoms with Crippen LogP contribution >= 0.6 is 11.6 Å². The van der Waals surface area contributed by atoms with Gasteiger partial charge in [-0.1, -0.05) is 23.7 Å². The molecule has 0 spiro atoms. The maximum atomic E-state index is 12.7. The molecule has 0 bridgehead atoms. The molecule has 2 amide bonds. The molecule has 1 N–H and O–H groups in total. The van der Waals surface area contributed by atoms with E-state index >= 15 is 0 Å². The largest absolute Gasteiger partial charge is 0.337 e. The van der Waals surface area contributed by atoms with E-state index in [2.05, 4.69) is 5.32 Å². The smallest absolute Gasteiger partial charge is 0.255 e. The fourth-order valence-electron chi connectivity index (χ4n) is 3.21. The molecule has 0 aliphatic carbocycles. The number of likely N-dealkylation sites (tertiary alicyclic amines) is 1. The Morgan fingerprint density at radius 2 is 2.09 bits per heavy atom. The van der Waals surface area contributed by atoms with Crippen LogP contribution in [0.3, 0.4) is 0 Å². The van der Waals surface area contributed by atoms with Crippen LogP contribution in [0.2, 0.25) is 5.02 Å². The Morgan fingerprint density at radius 1 is 1.27 bits per heavy atom. The van der Waals surface area contributed by atoms with E-state index in [0.29, 0.717) is 23.7 Å². The van der Waals surface area contributed by atoms with Crippen LogP contribution in [0.4, 0.5) is 0 Å². The van der Waals surface area contributed by atoms with Crippen molar-refractivity contribution in [2.75, 3.05) is 32.7 Å². The molecule has 0 saturated carbocycles. The molecule has 1 atom stereocenters. The molecule has 2 aliphatic heterocycles. The lowest BCUT2D eigenvalue weighted by Gasteiger charge is -2.41. The fourth-order valence-corrected chi connectivity index (χ4v) is 3.42. The molecule has 2 saturated heterocycles. The van der Waals surface area contributed by atoms with Crippen molar-refractivity contribution in [1.29, 1.82) is 0 Å². The second-order valence-corrected chi connectivity index (χ2v) is 6.20. The zero-order chi connectivity index (χ0) is 15.5. The SMILES string of the molecule is O=C(c1ccccc1Cl)N1CCCC(N2CCNCC2=O)C1. The number of benzene rings is 1. The minimum atomic E-state index is -0.0436. The number of rotatable bonds is 2. The minimum absolute atomic E-state index is 0.0436. The molecule has 2 aliphatic rings. The van der Waals surface area contributed by atoms with Gasteiger partial charge >= 0.3 is 0 Å². The van der Waals surface area contributed by atoms with Gasteiger partial charge in [-0.15, -0.1) is 0 Å². The zero-order valence-corrected chi connectivity index (χ0v) is 13.2. The van der Waals surface area contributed by atoms with E-state index in [1.165, 1.54) is 0 Å². The number of carbonyl (C=O) groups excluding carboxylic acids is 2. The average Bonchev–Trinajstić information content (AvgIpc) is 2.55. The summed E-state index contributed by atoms with van der Waals surface area (Å²) in [4.78, 5) is 28.4. The molecule has 1 aromatic carbocycles. The average molecular weight is 322 g/mol. The molecule has 6 heteroatoms. The maximum absolute atomic E-state index is 12.7. The first-order valence-electron chi connectivity index (χ1n) is 7.71. The number of amides is 2. The zero-order valence-electron chi connectivity index (χ0n) is 12.4. The Bertz CT molecular complexity index is 578. The van der Waals surface area contributed by atoms with Gasteiger partial charge in [-0.3, -0.25) is 9.59 Å². The van der Waals surface area contributed by atoms with Crippen molar-refractivity contribution in [2.45, 2.75) is 18.9 Å². The summed E-state index contributed by atoms with van der Waals surface area (Å²) < 4.78 is 0. The van der Waals surface area contributed by atoms with Crippen LogP contribution in [0.5, 0.6) is 0 Å². The van der Waals surface area contributed by atoms with E-state index < -0.39 is 0 Å². The summed E-state index contributed by atoms with van der Waals surface area (Å²) >= 11 is 6.13. The Balaban J connectivity index is 1.71. The molecule has 2 heterocycles. The van der Waals surface area contributed by atoms with Crippen molar-refractivity contribution in [3.05, 3.63) is 34.9 Å². The third-order valence-corrected chi connectivity index (χ3v) is 4.68. The van der Waals surface area contributed by atoms with E-state index in [-0.39, 0.29) is 17.9 Å². The second-order valence-electron chi connectivity index (χ2n) is 5.79. The van der Waals surface area contributed by atoms with E-state index in [4.69, 9.17) is 11.6 Å². The predicted octanol–water partition coefficient (Wildman–Crippen LogP) is 1.38. The van der Waals surface area contributed by atoms with Gasteiger partial charge in [0.05, 0.1) is 17.1 Å². The Labute approximate surface area is 135 Å². The third kappa shape index (κ3) is 3.10. The first-order chi connectivity index (χ1) is 10.7. The van der Waals surface area contributed by atoms with Gasteiger partial charge in [0, 0.05) is 32.2 Å². The quantitative estimate of drug-likeness (QED) is 0.895. The minimum Gasteiger partial charge on any atom is -0.337 e. The number of piperazine rings is 1. The highest BCUT2D eigenvalue weighted by atomic mass is 35.5. The number of piperidine rings is 1. The van der Waals surface area contributed by atoms with Gasteiger partial charge in [-0.2, -0.15) is 0 Å². The van der Waals surface area contributed by atoms with Gasteiger partial charge in [0.25, 0.3) is 5.91 Å². The lowest BCUT2D eigenvalue weighted by molar-refractivity contribution is -0.135. The second kappa shape index (κ2) is 6.67. The van der Waals surface area contributed by atoms with E-state index in [0.717, 1.165) is 32.5 Å². The summed E-state index contributed by atoms with van der Waals surface area (Å²) in [5.41, 5.74) is 0.538. The molecule has 1 aromatic rings. The summed E-state index contributed by atoms with van der Waals surface area (Å²) in [7, 11) is 0. The van der Waals surface area contributed by atoms with E-state index in [9.17, 15) is 9.59 Å². The number of nitrogens with one attached hydrogen (secondary N) is 1. The summed E-state index contributed by atoms with van der Waals surface area (Å²) in [5, 5.41) is 3.56. The lowest BCUT2D eigenvalue weighted by atomic mass is 10.0. The molecule has 5 nitrogen and oxygen atoms in total. The van der Waals surface area contributed by atoms with Crippen LogP contribution in [0.15, 0.2) is 24.3 Å². The van der Waals surface area contributed by atoms with Crippen molar-refractivity contribution in [2.24, 2.45) is 0 Å². The molecule has 0 aromatic heterocycles. The highest BCUT2D eigenvalue weighted by molar-refractivity contribution is 6.33. The van der Waals surface area contributed by atoms with Crippen molar-refractivity contribution >= 4 is 23.4 Å². The topological polar surface area (TPSA) is 52.7 Å². The van der Waals surface area contributed by atoms with Gasteiger partial charge in [0.2, 0.25) is 5.91 Å². The third-order valence-electron chi connectivity index (χ3n) is 4.35. The van der Waals surface area contributed by atoms with Gasteiger partial charge < -0.3 is 15.1 Å². The van der Waals surface area contributed by atoms with Crippen molar-refractivity contribution in [1.82, 2.24) is 15.1 Å². The monoisotopic (exact) mass is 321 g/mol. The molecule has 0 radical (unpaired) electrons. The first-order valence-corrected chi connectivity index (χ1v) is 8.08. The fraction of sp³-hybridized carbons (Fsp3) is 0.500. The number of halogens is 1. The van der Waals surface area contributed by atoms with Crippen LogP contribution in [0, 0.1) is 0 Å². The van der Waals surface area contributed by atoms with Gasteiger partial charge in [-0.25, -0.2) is 0 Å². The van der Waals surface area contributed by atoms with Crippen molar-refractivity contribution < 1.29 is 9.59 Å². The molecule has 2 fully saturated rings. The first kappa shape index (κ1) is 15.3. The predicted molar refractivity (Wildman–Crippen MR) is 85.0 cm³/mol. The number of hydrogen-bond donors (Lipinski definition) is 1. The molecule has 118 valence electrons. The van der Waals surface area contributed by atoms with Crippen LogP contribution in [-0.4, -0.2) is 60.4 Å². The molecular weight excluding hydrogens is 302 g/mol. The highest BCUT2D eigenvalue weighted by Gasteiger charge is 2.32. The number of nitrogens with zero attached hydrogens (tertiary/aromatic N) is 2. The molecule has 22 heavy (non-hydrogen) atoms. The molecule has 3 rings (SSSR count). The van der Waals surface area contributed by atoms with E-state index in [1.807, 2.05) is 21.9 Å². The summed E-state index contributed by atoms with van der Waals surface area (Å²) in [5.74, 6) is 0.0844. The van der Waals surface area contributed by atoms with Crippen molar-refractivity contribution in [3.63, 3.8) is 0 Å². The summed E-state index contributed by atoms with van der Waals surface area (Å²) in [6.45, 7) is 3.25. The standard InChI is InChI=1S/C16H20ClN3O2/c17-14-6-2-1-5-13(14)16(22)19-8-3-4-12(11-19)20-9-7-18-10-15(20)21/h1-2,5-6,12,18H,3-4,7-11H2. The Morgan fingerprint density at radius 3 is 2.86 bits per heavy atom. The summed E-state index contributed by atoms with van der Waals surface area (Å²) in [6, 6.07) is 7.24. The lowest BCUT2D eigenvalue weighted by Crippen LogP contribution is -2.57. The number of carbonyl (C=O) groups is 2.